The molecule has 0 aromatic heterocycles. The van der Waals surface area contributed by atoms with Gasteiger partial charge in [-0.2, -0.15) is 11.8 Å². The Kier molecular flexibility index (Phi) is 3.22. The van der Waals surface area contributed by atoms with Crippen LogP contribution in [0.2, 0.25) is 0 Å². The van der Waals surface area contributed by atoms with E-state index in [0.29, 0.717) is 0 Å². The van der Waals surface area contributed by atoms with Crippen molar-refractivity contribution < 1.29 is 0 Å². The summed E-state index contributed by atoms with van der Waals surface area (Å²) >= 11 is 1.92. The molecule has 0 aliphatic heterocycles. The molecule has 48 valence electrons. The van der Waals surface area contributed by atoms with Crippen LogP contribution in [0.4, 0.5) is 0 Å². The average molecular weight is 130 g/mol. The molecule has 0 fully saturated rings. The van der Waals surface area contributed by atoms with Crippen LogP contribution in [-0.4, -0.2) is 10.5 Å². The highest BCUT2D eigenvalue weighted by atomic mass is 32.2. The van der Waals surface area contributed by atoms with Gasteiger partial charge in [-0.25, -0.2) is 0 Å². The van der Waals surface area contributed by atoms with E-state index >= 15 is 0 Å². The minimum atomic E-state index is 0.273. The fourth-order valence-electron chi connectivity index (χ4n) is 0.431. The summed E-state index contributed by atoms with van der Waals surface area (Å²) in [5, 5.41) is 0. The predicted octanol–water partition coefficient (Wildman–Crippen LogP) is 2.70. The fraction of sp³-hybridized carbons (Fsp3) is 0.714. The molecule has 0 bridgehead atoms. The average Bonchev–Trinajstić information content (AvgIpc) is 1.67. The first-order valence-corrected chi connectivity index (χ1v) is 3.88. The van der Waals surface area contributed by atoms with Gasteiger partial charge < -0.3 is 0 Å². The molecule has 1 heteroatoms. The Morgan fingerprint density at radius 2 is 2.12 bits per heavy atom. The summed E-state index contributed by atoms with van der Waals surface area (Å²) in [7, 11) is 0. The summed E-state index contributed by atoms with van der Waals surface area (Å²) < 4.78 is 0.273. The standard InChI is InChI=1S/C7H14S/c1-5-7(3,4)8-6-2/h5H,1,6H2,2-4H3. The van der Waals surface area contributed by atoms with E-state index in [0.717, 1.165) is 0 Å². The normalized spacial score (nSPS) is 11.4. The molecule has 0 amide bonds. The highest BCUT2D eigenvalue weighted by Gasteiger charge is 2.09. The van der Waals surface area contributed by atoms with Gasteiger partial charge in [0.25, 0.3) is 0 Å². The van der Waals surface area contributed by atoms with Crippen molar-refractivity contribution in [2.24, 2.45) is 0 Å². The Morgan fingerprint density at radius 3 is 2.25 bits per heavy atom. The molecule has 0 saturated carbocycles. The Labute approximate surface area is 56.4 Å². The minimum absolute atomic E-state index is 0.273. The van der Waals surface area contributed by atoms with Gasteiger partial charge in [0.05, 0.1) is 0 Å². The maximum Gasteiger partial charge on any atom is 0.0279 e. The van der Waals surface area contributed by atoms with E-state index in [1.807, 2.05) is 17.8 Å². The van der Waals surface area contributed by atoms with E-state index in [4.69, 9.17) is 0 Å². The zero-order valence-electron chi connectivity index (χ0n) is 5.90. The van der Waals surface area contributed by atoms with E-state index in [-0.39, 0.29) is 4.75 Å². The van der Waals surface area contributed by atoms with Crippen molar-refractivity contribution in [2.45, 2.75) is 25.5 Å². The van der Waals surface area contributed by atoms with Crippen molar-refractivity contribution in [1.29, 1.82) is 0 Å². The Morgan fingerprint density at radius 1 is 1.62 bits per heavy atom. The van der Waals surface area contributed by atoms with Crippen LogP contribution in [0.1, 0.15) is 20.8 Å². The molecule has 0 aliphatic carbocycles. The van der Waals surface area contributed by atoms with E-state index in [1.54, 1.807) is 0 Å². The number of hydrogen-bond donors (Lipinski definition) is 0. The molecular formula is C7H14S. The van der Waals surface area contributed by atoms with Gasteiger partial charge in [0.2, 0.25) is 0 Å². The smallest absolute Gasteiger partial charge is 0.0279 e. The minimum Gasteiger partial charge on any atom is -0.152 e. The van der Waals surface area contributed by atoms with Crippen LogP contribution in [0.5, 0.6) is 0 Å². The van der Waals surface area contributed by atoms with Gasteiger partial charge in [0, 0.05) is 4.75 Å². The second-order valence-electron chi connectivity index (χ2n) is 2.24. The fourth-order valence-corrected chi connectivity index (χ4v) is 1.29. The lowest BCUT2D eigenvalue weighted by Gasteiger charge is -2.16. The number of hydrogen-bond acceptors (Lipinski definition) is 1. The van der Waals surface area contributed by atoms with E-state index < -0.39 is 0 Å². The maximum absolute atomic E-state index is 3.73. The summed E-state index contributed by atoms with van der Waals surface area (Å²) in [6.07, 6.45) is 1.99. The monoisotopic (exact) mass is 130 g/mol. The van der Waals surface area contributed by atoms with Crippen molar-refractivity contribution in [2.75, 3.05) is 5.75 Å². The number of thioether (sulfide) groups is 1. The third kappa shape index (κ3) is 3.14. The van der Waals surface area contributed by atoms with Crippen LogP contribution >= 0.6 is 11.8 Å². The van der Waals surface area contributed by atoms with Gasteiger partial charge in [-0.1, -0.05) is 13.0 Å². The molecule has 0 spiro atoms. The molecule has 0 atom stereocenters. The molecule has 0 unspecified atom stereocenters. The van der Waals surface area contributed by atoms with E-state index in [2.05, 4.69) is 27.4 Å². The Bertz CT molecular complexity index is 74.5. The van der Waals surface area contributed by atoms with Crippen molar-refractivity contribution in [3.8, 4) is 0 Å². The van der Waals surface area contributed by atoms with Crippen molar-refractivity contribution in [3.63, 3.8) is 0 Å². The lowest BCUT2D eigenvalue weighted by Crippen LogP contribution is -2.09. The zero-order chi connectivity index (χ0) is 6.62. The molecule has 0 aromatic rings. The first kappa shape index (κ1) is 8.09. The lowest BCUT2D eigenvalue weighted by atomic mass is 10.2. The molecule has 0 aliphatic rings. The van der Waals surface area contributed by atoms with Gasteiger partial charge >= 0.3 is 0 Å². The summed E-state index contributed by atoms with van der Waals surface area (Å²) in [5.41, 5.74) is 0. The van der Waals surface area contributed by atoms with Crippen LogP contribution in [0.3, 0.4) is 0 Å². The largest absolute Gasteiger partial charge is 0.152 e. The third-order valence-electron chi connectivity index (χ3n) is 1.01. The topological polar surface area (TPSA) is 0 Å². The lowest BCUT2D eigenvalue weighted by molar-refractivity contribution is 0.901. The highest BCUT2D eigenvalue weighted by molar-refractivity contribution is 8.00. The predicted molar refractivity (Wildman–Crippen MR) is 42.4 cm³/mol. The van der Waals surface area contributed by atoms with E-state index in [9.17, 15) is 0 Å². The van der Waals surface area contributed by atoms with Crippen molar-refractivity contribution in [1.82, 2.24) is 0 Å². The van der Waals surface area contributed by atoms with Crippen LogP contribution in [0, 0.1) is 0 Å². The molecule has 0 saturated heterocycles. The van der Waals surface area contributed by atoms with Gasteiger partial charge in [0.15, 0.2) is 0 Å². The van der Waals surface area contributed by atoms with E-state index in [1.165, 1.54) is 5.75 Å². The Balaban J connectivity index is 3.53. The van der Waals surface area contributed by atoms with Gasteiger partial charge in [-0.3, -0.25) is 0 Å². The second kappa shape index (κ2) is 3.18. The van der Waals surface area contributed by atoms with Crippen molar-refractivity contribution in [3.05, 3.63) is 12.7 Å². The highest BCUT2D eigenvalue weighted by Crippen LogP contribution is 2.23. The SMILES string of the molecule is C=CC(C)(C)SCC. The first-order chi connectivity index (χ1) is 3.62. The van der Waals surface area contributed by atoms with Crippen LogP contribution in [0.15, 0.2) is 12.7 Å². The second-order valence-corrected chi connectivity index (χ2v) is 4.16. The van der Waals surface area contributed by atoms with Crippen molar-refractivity contribution >= 4 is 11.8 Å². The third-order valence-corrected chi connectivity index (χ3v) is 2.21. The molecule has 0 heterocycles. The first-order valence-electron chi connectivity index (χ1n) is 2.90. The molecule has 0 aromatic carbocycles. The summed E-state index contributed by atoms with van der Waals surface area (Å²) in [4.78, 5) is 0. The zero-order valence-corrected chi connectivity index (χ0v) is 6.72. The molecule has 8 heavy (non-hydrogen) atoms. The van der Waals surface area contributed by atoms with Gasteiger partial charge in [-0.05, 0) is 19.6 Å². The summed E-state index contributed by atoms with van der Waals surface area (Å²) in [5.74, 6) is 1.17. The van der Waals surface area contributed by atoms with Gasteiger partial charge in [-0.15, -0.1) is 6.58 Å². The summed E-state index contributed by atoms with van der Waals surface area (Å²) in [6, 6.07) is 0. The molecule has 0 nitrogen and oxygen atoms in total. The van der Waals surface area contributed by atoms with Crippen LogP contribution in [-0.2, 0) is 0 Å². The van der Waals surface area contributed by atoms with Crippen LogP contribution < -0.4 is 0 Å². The van der Waals surface area contributed by atoms with Gasteiger partial charge in [0.1, 0.15) is 0 Å². The number of rotatable bonds is 3. The quantitative estimate of drug-likeness (QED) is 0.529. The van der Waals surface area contributed by atoms with Crippen LogP contribution in [0.25, 0.3) is 0 Å². The Hall–Kier alpha value is 0.0900. The maximum atomic E-state index is 3.73. The molecular weight excluding hydrogens is 116 g/mol. The molecule has 0 rings (SSSR count). The molecule has 0 radical (unpaired) electrons. The summed E-state index contributed by atoms with van der Waals surface area (Å²) in [6.45, 7) is 10.2. The molecule has 0 N–H and O–H groups in total.